The van der Waals surface area contributed by atoms with Crippen molar-refractivity contribution < 1.29 is 0 Å². The molecule has 0 unspecified atom stereocenters. The van der Waals surface area contributed by atoms with Crippen molar-refractivity contribution in [1.82, 2.24) is 0 Å². The predicted molar refractivity (Wildman–Crippen MR) is 56.6 cm³/mol. The third-order valence-corrected chi connectivity index (χ3v) is 2.26. The zero-order chi connectivity index (χ0) is 9.36. The van der Waals surface area contributed by atoms with Crippen LogP contribution in [0.25, 0.3) is 0 Å². The van der Waals surface area contributed by atoms with E-state index in [2.05, 4.69) is 25.1 Å². The van der Waals surface area contributed by atoms with Crippen molar-refractivity contribution in [2.24, 2.45) is 0 Å². The average molecular weight is 174 g/mol. The molecular weight excluding hydrogens is 156 g/mol. The van der Waals surface area contributed by atoms with E-state index in [-0.39, 0.29) is 0 Å². The van der Waals surface area contributed by atoms with Crippen LogP contribution in [0.2, 0.25) is 0 Å². The maximum Gasteiger partial charge on any atom is -0.00641 e. The molecule has 0 nitrogen and oxygen atoms in total. The fourth-order valence-corrected chi connectivity index (χ4v) is 1.45. The molecule has 0 atom stereocenters. The largest absolute Gasteiger partial charge is 0.0654 e. The van der Waals surface area contributed by atoms with Crippen molar-refractivity contribution in [3.05, 3.63) is 35.9 Å². The summed E-state index contributed by atoms with van der Waals surface area (Å²) in [6.07, 6.45) is 7.91. The van der Waals surface area contributed by atoms with Crippen LogP contribution in [0.1, 0.15) is 44.6 Å². The first kappa shape index (κ1) is 10.3. The Bertz CT molecular complexity index is 201. The summed E-state index contributed by atoms with van der Waals surface area (Å²) in [4.78, 5) is 0. The minimum atomic E-state index is 1.17. The minimum Gasteiger partial charge on any atom is -0.0654 e. The highest BCUT2D eigenvalue weighted by atomic mass is 14.0. The van der Waals surface area contributed by atoms with E-state index in [4.69, 9.17) is 0 Å². The van der Waals surface area contributed by atoms with Gasteiger partial charge in [-0.05, 0) is 30.5 Å². The van der Waals surface area contributed by atoms with Crippen molar-refractivity contribution in [2.45, 2.75) is 45.4 Å². The van der Waals surface area contributed by atoms with Crippen LogP contribution in [0.4, 0.5) is 0 Å². The summed E-state index contributed by atoms with van der Waals surface area (Å²) in [6.45, 7) is 2.25. The van der Waals surface area contributed by atoms with Gasteiger partial charge in [0.1, 0.15) is 0 Å². The zero-order valence-electron chi connectivity index (χ0n) is 8.47. The lowest BCUT2D eigenvalue weighted by Gasteiger charge is -1.99. The Balaban J connectivity index is 2.07. The molecule has 0 saturated carbocycles. The van der Waals surface area contributed by atoms with E-state index in [0.29, 0.717) is 0 Å². The molecule has 0 aliphatic heterocycles. The molecule has 0 heteroatoms. The molecule has 1 aromatic rings. The Kier molecular flexibility index (Phi) is 5.31. The van der Waals surface area contributed by atoms with Gasteiger partial charge < -0.3 is 0 Å². The van der Waals surface area contributed by atoms with E-state index in [9.17, 15) is 0 Å². The molecule has 1 rings (SSSR count). The molecule has 0 aromatic heterocycles. The van der Waals surface area contributed by atoms with Crippen molar-refractivity contribution in [1.29, 1.82) is 0 Å². The van der Waals surface area contributed by atoms with E-state index in [0.717, 1.165) is 0 Å². The molecule has 2 radical (unpaired) electrons. The summed E-state index contributed by atoms with van der Waals surface area (Å²) < 4.78 is 0. The lowest BCUT2D eigenvalue weighted by Crippen LogP contribution is -1.85. The number of hydrogen-bond acceptors (Lipinski definition) is 0. The van der Waals surface area contributed by atoms with Crippen molar-refractivity contribution in [3.8, 4) is 0 Å². The fourth-order valence-electron chi connectivity index (χ4n) is 1.45. The van der Waals surface area contributed by atoms with Crippen molar-refractivity contribution >= 4 is 0 Å². The summed E-state index contributed by atoms with van der Waals surface area (Å²) >= 11 is 0. The predicted octanol–water partition coefficient (Wildman–Crippen LogP) is 3.80. The molecule has 0 saturated heterocycles. The first-order valence-electron chi connectivity index (χ1n) is 5.30. The van der Waals surface area contributed by atoms with Gasteiger partial charge in [-0.2, -0.15) is 0 Å². The Morgan fingerprint density at radius 3 is 2.69 bits per heavy atom. The Morgan fingerprint density at radius 1 is 1.15 bits per heavy atom. The Labute approximate surface area is 82.0 Å². The van der Waals surface area contributed by atoms with Crippen LogP contribution in [0.15, 0.2) is 18.2 Å². The van der Waals surface area contributed by atoms with Crippen LogP contribution in [0.3, 0.4) is 0 Å². The molecule has 0 heterocycles. The van der Waals surface area contributed by atoms with Gasteiger partial charge >= 0.3 is 0 Å². The van der Waals surface area contributed by atoms with Crippen LogP contribution in [0, 0.1) is 12.1 Å². The zero-order valence-corrected chi connectivity index (χ0v) is 8.47. The molecule has 0 aliphatic rings. The molecule has 70 valence electrons. The van der Waals surface area contributed by atoms with Crippen LogP contribution in [-0.4, -0.2) is 0 Å². The maximum atomic E-state index is 3.13. The number of unbranched alkanes of at least 4 members (excludes halogenated alkanes) is 4. The Morgan fingerprint density at radius 2 is 2.00 bits per heavy atom. The normalized spacial score (nSPS) is 10.2. The summed E-state index contributed by atoms with van der Waals surface area (Å²) in [7, 11) is 0. The molecule has 1 aromatic carbocycles. The second-order valence-corrected chi connectivity index (χ2v) is 3.48. The van der Waals surface area contributed by atoms with E-state index < -0.39 is 0 Å². The molecule has 13 heavy (non-hydrogen) atoms. The number of hydrogen-bond donors (Lipinski definition) is 0. The van der Waals surface area contributed by atoms with Crippen molar-refractivity contribution in [3.63, 3.8) is 0 Å². The average Bonchev–Trinajstić information content (AvgIpc) is 2.19. The van der Waals surface area contributed by atoms with Crippen molar-refractivity contribution in [2.75, 3.05) is 0 Å². The van der Waals surface area contributed by atoms with Gasteiger partial charge in [0.2, 0.25) is 0 Å². The topological polar surface area (TPSA) is 0 Å². The highest BCUT2D eigenvalue weighted by Crippen LogP contribution is 2.07. The standard InChI is InChI=1S/C13H18/c1-2-3-4-5-7-10-13-11-8-6-9-12-13/h6,8,11H,2-5,7,10H2,1H3. The molecular formula is C13H18. The molecule has 0 fully saturated rings. The van der Waals surface area contributed by atoms with Gasteiger partial charge in [-0.1, -0.05) is 50.8 Å². The smallest absolute Gasteiger partial charge is 0.00641 e. The third-order valence-electron chi connectivity index (χ3n) is 2.26. The van der Waals surface area contributed by atoms with E-state index >= 15 is 0 Å². The van der Waals surface area contributed by atoms with Crippen LogP contribution in [0.5, 0.6) is 0 Å². The molecule has 0 bridgehead atoms. The number of benzene rings is 1. The van der Waals surface area contributed by atoms with Gasteiger partial charge in [-0.3, -0.25) is 0 Å². The van der Waals surface area contributed by atoms with Gasteiger partial charge in [0, 0.05) is 0 Å². The van der Waals surface area contributed by atoms with E-state index in [1.807, 2.05) is 12.1 Å². The molecule has 0 aliphatic carbocycles. The maximum absolute atomic E-state index is 3.13. The minimum absolute atomic E-state index is 1.17. The number of aryl methyl sites for hydroxylation is 1. The van der Waals surface area contributed by atoms with Crippen LogP contribution in [-0.2, 0) is 6.42 Å². The first-order valence-corrected chi connectivity index (χ1v) is 5.30. The summed E-state index contributed by atoms with van der Waals surface area (Å²) in [5.41, 5.74) is 1.30. The van der Waals surface area contributed by atoms with Gasteiger partial charge in [0.25, 0.3) is 0 Å². The third kappa shape index (κ3) is 4.72. The lowest BCUT2D eigenvalue weighted by atomic mass is 10.1. The lowest BCUT2D eigenvalue weighted by molar-refractivity contribution is 0.632. The molecule has 0 spiro atoms. The first-order chi connectivity index (χ1) is 6.43. The fraction of sp³-hybridized carbons (Fsp3) is 0.538. The van der Waals surface area contributed by atoms with Gasteiger partial charge in [0.05, 0.1) is 0 Å². The quantitative estimate of drug-likeness (QED) is 0.575. The second-order valence-electron chi connectivity index (χ2n) is 3.48. The molecule has 0 N–H and O–H groups in total. The SMILES string of the molecule is CCCCCCCc1[c][c]ccc1. The summed E-state index contributed by atoms with van der Waals surface area (Å²) in [5.74, 6) is 0. The summed E-state index contributed by atoms with van der Waals surface area (Å²) in [5, 5.41) is 0. The van der Waals surface area contributed by atoms with Gasteiger partial charge in [-0.15, -0.1) is 0 Å². The van der Waals surface area contributed by atoms with Gasteiger partial charge in [0.15, 0.2) is 0 Å². The number of rotatable bonds is 6. The van der Waals surface area contributed by atoms with Crippen LogP contribution < -0.4 is 0 Å². The van der Waals surface area contributed by atoms with Gasteiger partial charge in [-0.25, -0.2) is 0 Å². The Hall–Kier alpha value is -0.780. The monoisotopic (exact) mass is 174 g/mol. The highest BCUT2D eigenvalue weighted by Gasteiger charge is 1.92. The molecule has 0 amide bonds. The second kappa shape index (κ2) is 6.71. The van der Waals surface area contributed by atoms with Crippen LogP contribution >= 0.6 is 0 Å². The van der Waals surface area contributed by atoms with E-state index in [1.54, 1.807) is 0 Å². The summed E-state index contributed by atoms with van der Waals surface area (Å²) in [6, 6.07) is 12.2. The van der Waals surface area contributed by atoms with E-state index in [1.165, 1.54) is 44.1 Å². The highest BCUT2D eigenvalue weighted by molar-refractivity contribution is 5.11.